The summed E-state index contributed by atoms with van der Waals surface area (Å²) >= 11 is 2.19. The Morgan fingerprint density at radius 3 is 2.24 bits per heavy atom. The first-order valence-corrected chi connectivity index (χ1v) is 7.94. The smallest absolute Gasteiger partial charge is 0.319 e. The summed E-state index contributed by atoms with van der Waals surface area (Å²) in [5, 5.41) is 0. The Balaban J connectivity index is 2.81. The van der Waals surface area contributed by atoms with Crippen LogP contribution in [0.4, 0.5) is 0 Å². The van der Waals surface area contributed by atoms with E-state index in [4.69, 9.17) is 4.74 Å². The highest BCUT2D eigenvalue weighted by Gasteiger charge is 2.46. The standard InChI is InChI=1S/C14H25IO2/c1-5-11(15)12(16)17-14(13(2,3)4)9-7-6-8-10-14/h11H,5-10H2,1-4H3. The predicted octanol–water partition coefficient (Wildman–Crippen LogP) is 4.49. The fourth-order valence-electron chi connectivity index (χ4n) is 2.55. The van der Waals surface area contributed by atoms with E-state index in [-0.39, 0.29) is 20.9 Å². The molecule has 0 amide bonds. The van der Waals surface area contributed by atoms with Gasteiger partial charge in [-0.3, -0.25) is 4.79 Å². The minimum atomic E-state index is -0.235. The molecule has 1 saturated carbocycles. The fraction of sp³-hybridized carbons (Fsp3) is 0.929. The monoisotopic (exact) mass is 352 g/mol. The van der Waals surface area contributed by atoms with Crippen LogP contribution in [0, 0.1) is 5.41 Å². The number of carbonyl (C=O) groups excluding carboxylic acids is 1. The normalized spacial score (nSPS) is 21.9. The zero-order valence-corrected chi connectivity index (χ0v) is 13.7. The van der Waals surface area contributed by atoms with Gasteiger partial charge in [-0.1, -0.05) is 56.7 Å². The first-order chi connectivity index (χ1) is 7.82. The zero-order valence-electron chi connectivity index (χ0n) is 11.5. The van der Waals surface area contributed by atoms with Gasteiger partial charge in [-0.2, -0.15) is 0 Å². The molecule has 0 radical (unpaired) electrons. The maximum atomic E-state index is 12.1. The topological polar surface area (TPSA) is 26.3 Å². The van der Waals surface area contributed by atoms with Crippen molar-refractivity contribution in [2.75, 3.05) is 0 Å². The van der Waals surface area contributed by atoms with Crippen molar-refractivity contribution in [2.45, 2.75) is 75.7 Å². The van der Waals surface area contributed by atoms with Crippen LogP contribution in [0.1, 0.15) is 66.2 Å². The maximum absolute atomic E-state index is 12.1. The zero-order chi connectivity index (χ0) is 13.1. The summed E-state index contributed by atoms with van der Waals surface area (Å²) in [4.78, 5) is 12.1. The van der Waals surface area contributed by atoms with Gasteiger partial charge in [0.1, 0.15) is 9.53 Å². The highest BCUT2D eigenvalue weighted by atomic mass is 127. The van der Waals surface area contributed by atoms with E-state index in [0.717, 1.165) is 19.3 Å². The highest BCUT2D eigenvalue weighted by Crippen LogP contribution is 2.45. The molecular formula is C14H25IO2. The molecule has 17 heavy (non-hydrogen) atoms. The van der Waals surface area contributed by atoms with Crippen molar-refractivity contribution in [1.82, 2.24) is 0 Å². The second kappa shape index (κ2) is 5.89. The molecule has 0 aliphatic heterocycles. The Kier molecular flexibility index (Phi) is 5.29. The second-order valence-corrected chi connectivity index (χ2v) is 7.61. The predicted molar refractivity (Wildman–Crippen MR) is 79.5 cm³/mol. The van der Waals surface area contributed by atoms with Gasteiger partial charge >= 0.3 is 5.97 Å². The molecule has 0 N–H and O–H groups in total. The van der Waals surface area contributed by atoms with Gasteiger partial charge in [0.25, 0.3) is 0 Å². The number of hydrogen-bond acceptors (Lipinski definition) is 2. The third-order valence-electron chi connectivity index (χ3n) is 3.94. The summed E-state index contributed by atoms with van der Waals surface area (Å²) < 4.78 is 5.94. The van der Waals surface area contributed by atoms with Gasteiger partial charge in [0.15, 0.2) is 0 Å². The van der Waals surface area contributed by atoms with E-state index in [1.165, 1.54) is 19.3 Å². The van der Waals surface area contributed by atoms with Gasteiger partial charge in [-0.15, -0.1) is 0 Å². The lowest BCUT2D eigenvalue weighted by Gasteiger charge is -2.46. The Morgan fingerprint density at radius 2 is 1.82 bits per heavy atom. The van der Waals surface area contributed by atoms with Crippen molar-refractivity contribution in [3.8, 4) is 0 Å². The molecule has 1 rings (SSSR count). The van der Waals surface area contributed by atoms with Crippen molar-refractivity contribution in [3.05, 3.63) is 0 Å². The van der Waals surface area contributed by atoms with Gasteiger partial charge < -0.3 is 4.74 Å². The summed E-state index contributed by atoms with van der Waals surface area (Å²) in [5.41, 5.74) is -0.200. The summed E-state index contributed by atoms with van der Waals surface area (Å²) in [6, 6.07) is 0. The number of hydrogen-bond donors (Lipinski definition) is 0. The molecule has 0 heterocycles. The molecule has 0 aromatic carbocycles. The molecule has 1 atom stereocenters. The van der Waals surface area contributed by atoms with Gasteiger partial charge in [0, 0.05) is 5.41 Å². The molecule has 1 aliphatic rings. The van der Waals surface area contributed by atoms with Crippen molar-refractivity contribution in [2.24, 2.45) is 5.41 Å². The average molecular weight is 352 g/mol. The number of alkyl halides is 1. The highest BCUT2D eigenvalue weighted by molar-refractivity contribution is 14.1. The second-order valence-electron chi connectivity index (χ2n) is 6.10. The quantitative estimate of drug-likeness (QED) is 0.425. The van der Waals surface area contributed by atoms with Gasteiger partial charge in [0.2, 0.25) is 0 Å². The lowest BCUT2D eigenvalue weighted by molar-refractivity contribution is -0.178. The van der Waals surface area contributed by atoms with Crippen LogP contribution in [0.5, 0.6) is 0 Å². The summed E-state index contributed by atoms with van der Waals surface area (Å²) in [6.07, 6.45) is 6.53. The number of carbonyl (C=O) groups is 1. The van der Waals surface area contributed by atoms with E-state index < -0.39 is 0 Å². The van der Waals surface area contributed by atoms with Crippen molar-refractivity contribution in [3.63, 3.8) is 0 Å². The van der Waals surface area contributed by atoms with Gasteiger partial charge in [0.05, 0.1) is 0 Å². The summed E-state index contributed by atoms with van der Waals surface area (Å²) in [6.45, 7) is 8.61. The Morgan fingerprint density at radius 1 is 1.29 bits per heavy atom. The third kappa shape index (κ3) is 3.58. The summed E-state index contributed by atoms with van der Waals surface area (Å²) in [7, 11) is 0. The number of halogens is 1. The summed E-state index contributed by atoms with van der Waals surface area (Å²) in [5.74, 6) is -0.0232. The van der Waals surface area contributed by atoms with Gasteiger partial charge in [-0.05, 0) is 32.1 Å². The molecule has 0 saturated heterocycles. The largest absolute Gasteiger partial charge is 0.458 e. The molecule has 0 spiro atoms. The minimum Gasteiger partial charge on any atom is -0.458 e. The first-order valence-electron chi connectivity index (χ1n) is 6.69. The van der Waals surface area contributed by atoms with Crippen LogP contribution in [0.25, 0.3) is 0 Å². The molecular weight excluding hydrogens is 327 g/mol. The molecule has 3 heteroatoms. The van der Waals surface area contributed by atoms with Crippen LogP contribution in [-0.2, 0) is 9.53 Å². The van der Waals surface area contributed by atoms with Crippen LogP contribution in [0.15, 0.2) is 0 Å². The molecule has 1 aliphatic carbocycles. The number of rotatable bonds is 3. The van der Waals surface area contributed by atoms with Gasteiger partial charge in [-0.25, -0.2) is 0 Å². The lowest BCUT2D eigenvalue weighted by atomic mass is 9.68. The lowest BCUT2D eigenvalue weighted by Crippen LogP contribution is -2.49. The van der Waals surface area contributed by atoms with E-state index in [2.05, 4.69) is 43.4 Å². The number of esters is 1. The fourth-order valence-corrected chi connectivity index (χ4v) is 2.68. The SMILES string of the molecule is CCC(I)C(=O)OC1(C(C)(C)C)CCCCC1. The molecule has 1 unspecified atom stereocenters. The Hall–Kier alpha value is 0.200. The van der Waals surface area contributed by atoms with E-state index in [1.807, 2.05) is 6.92 Å². The van der Waals surface area contributed by atoms with Crippen LogP contribution >= 0.6 is 22.6 Å². The molecule has 2 nitrogen and oxygen atoms in total. The first kappa shape index (κ1) is 15.3. The van der Waals surface area contributed by atoms with Crippen molar-refractivity contribution < 1.29 is 9.53 Å². The van der Waals surface area contributed by atoms with Crippen LogP contribution in [-0.4, -0.2) is 15.5 Å². The van der Waals surface area contributed by atoms with E-state index in [1.54, 1.807) is 0 Å². The number of ether oxygens (including phenoxy) is 1. The molecule has 1 fully saturated rings. The molecule has 100 valence electrons. The maximum Gasteiger partial charge on any atom is 0.319 e. The van der Waals surface area contributed by atoms with Crippen LogP contribution < -0.4 is 0 Å². The third-order valence-corrected chi connectivity index (χ3v) is 5.33. The van der Waals surface area contributed by atoms with Crippen LogP contribution in [0.2, 0.25) is 0 Å². The molecule has 0 aromatic heterocycles. The van der Waals surface area contributed by atoms with E-state index in [9.17, 15) is 4.79 Å². The van der Waals surface area contributed by atoms with Crippen molar-refractivity contribution >= 4 is 28.6 Å². The van der Waals surface area contributed by atoms with E-state index >= 15 is 0 Å². The van der Waals surface area contributed by atoms with Crippen LogP contribution in [0.3, 0.4) is 0 Å². The molecule has 0 bridgehead atoms. The molecule has 0 aromatic rings. The Bertz CT molecular complexity index is 262. The van der Waals surface area contributed by atoms with Crippen molar-refractivity contribution in [1.29, 1.82) is 0 Å². The average Bonchev–Trinajstić information content (AvgIpc) is 2.27. The van der Waals surface area contributed by atoms with E-state index in [0.29, 0.717) is 0 Å². The Labute approximate surface area is 119 Å². The minimum absolute atomic E-state index is 0.00579.